The number of amides is 5. The van der Waals surface area contributed by atoms with E-state index in [9.17, 15) is 28.8 Å². The van der Waals surface area contributed by atoms with Crippen LogP contribution in [-0.4, -0.2) is 158 Å². The Morgan fingerprint density at radius 2 is 1.19 bits per heavy atom. The number of imide groups is 2. The third-order valence-electron chi connectivity index (χ3n) is 8.18. The smallest absolute Gasteiger partial charge is 0.332 e. The quantitative estimate of drug-likeness (QED) is 0.0624. The van der Waals surface area contributed by atoms with Gasteiger partial charge in [-0.3, -0.25) is 34.2 Å². The highest BCUT2D eigenvalue weighted by Crippen LogP contribution is 2.32. The van der Waals surface area contributed by atoms with Crippen LogP contribution in [0.1, 0.15) is 80.0 Å². The van der Waals surface area contributed by atoms with Gasteiger partial charge in [0, 0.05) is 19.4 Å². The minimum atomic E-state index is -1.08. The number of piperidine rings is 1. The van der Waals surface area contributed by atoms with Crippen molar-refractivity contribution in [2.24, 2.45) is 0 Å². The van der Waals surface area contributed by atoms with Crippen molar-refractivity contribution in [3.8, 4) is 0 Å². The summed E-state index contributed by atoms with van der Waals surface area (Å²) < 4.78 is 48.7. The summed E-state index contributed by atoms with van der Waals surface area (Å²) in [6.45, 7) is 11.8. The van der Waals surface area contributed by atoms with Gasteiger partial charge in [-0.1, -0.05) is 12.5 Å². The zero-order chi connectivity index (χ0) is 41.3. The Bertz CT molecular complexity index is 1430. The molecule has 1 saturated heterocycles. The second-order valence-electron chi connectivity index (χ2n) is 14.0. The second kappa shape index (κ2) is 26.9. The van der Waals surface area contributed by atoms with E-state index in [0.29, 0.717) is 106 Å². The number of hydrogen-bond donors (Lipinski definition) is 2. The summed E-state index contributed by atoms with van der Waals surface area (Å²) in [6.07, 6.45) is 2.43. The molecule has 5 amide bonds. The first-order valence-electron chi connectivity index (χ1n) is 19.5. The Labute approximate surface area is 333 Å². The summed E-state index contributed by atoms with van der Waals surface area (Å²) in [7, 11) is 0. The molecule has 2 N–H and O–H groups in total. The Morgan fingerprint density at radius 3 is 1.70 bits per heavy atom. The monoisotopic (exact) mass is 809 g/mol. The molecule has 0 spiro atoms. The fourth-order valence-corrected chi connectivity index (χ4v) is 5.56. The number of nitrogens with zero attached hydrogens (tertiary/aromatic N) is 1. The molecular formula is C39H59N3O15. The number of unbranched alkanes of at least 4 members (excludes halogenated alkanes) is 2. The molecule has 0 saturated carbocycles. The minimum absolute atomic E-state index is 0.0257. The van der Waals surface area contributed by atoms with Crippen LogP contribution in [0.3, 0.4) is 0 Å². The molecular weight excluding hydrogens is 750 g/mol. The average molecular weight is 810 g/mol. The highest BCUT2D eigenvalue weighted by molar-refractivity contribution is 6.26. The first-order valence-corrected chi connectivity index (χ1v) is 19.5. The number of rotatable bonds is 31. The molecule has 2 heterocycles. The molecule has 1 atom stereocenters. The normalized spacial score (nSPS) is 15.6. The maximum absolute atomic E-state index is 13.2. The van der Waals surface area contributed by atoms with Gasteiger partial charge in [-0.25, -0.2) is 4.79 Å². The number of carbonyl (C=O) groups is 6. The molecule has 0 bridgehead atoms. The molecule has 57 heavy (non-hydrogen) atoms. The highest BCUT2D eigenvalue weighted by atomic mass is 16.6. The average Bonchev–Trinajstić information content (AvgIpc) is 3.41. The van der Waals surface area contributed by atoms with E-state index in [-0.39, 0.29) is 48.6 Å². The summed E-state index contributed by atoms with van der Waals surface area (Å²) in [4.78, 5) is 75.0. The zero-order valence-electron chi connectivity index (χ0n) is 33.4. The molecule has 1 aromatic carbocycles. The van der Waals surface area contributed by atoms with Gasteiger partial charge in [-0.2, -0.15) is 0 Å². The van der Waals surface area contributed by atoms with Crippen molar-refractivity contribution < 1.29 is 71.4 Å². The zero-order valence-corrected chi connectivity index (χ0v) is 33.4. The van der Waals surface area contributed by atoms with Gasteiger partial charge in [0.1, 0.15) is 18.2 Å². The van der Waals surface area contributed by atoms with Crippen molar-refractivity contribution in [1.82, 2.24) is 10.2 Å². The van der Waals surface area contributed by atoms with Gasteiger partial charge in [0.15, 0.2) is 0 Å². The fraction of sp³-hybridized carbons (Fsp3) is 0.692. The van der Waals surface area contributed by atoms with Crippen molar-refractivity contribution in [3.63, 3.8) is 0 Å². The molecule has 1 unspecified atom stereocenters. The standard InChI is InChI=1S/C39H59N3O15/c1-39(2,3)57-34(45)28-56-27-26-55-25-24-54-23-22-53-21-20-52-19-18-51-17-16-50-15-14-49-13-6-4-5-10-32(43)40-30-9-7-8-29-35(30)38(48)42(37(29)47)31-11-12-33(44)41-36(31)46/h7-9,31H,4-6,10-28H2,1-3H3,(H,40,43)(H,41,44,46). The number of carbonyl (C=O) groups excluding carboxylic acids is 6. The van der Waals surface area contributed by atoms with Gasteiger partial charge in [0.25, 0.3) is 11.8 Å². The number of anilines is 1. The van der Waals surface area contributed by atoms with E-state index in [2.05, 4.69) is 10.6 Å². The number of nitrogens with one attached hydrogen (secondary N) is 2. The topological polar surface area (TPSA) is 213 Å². The van der Waals surface area contributed by atoms with Crippen LogP contribution < -0.4 is 10.6 Å². The van der Waals surface area contributed by atoms with Gasteiger partial charge in [0.05, 0.1) is 109 Å². The number of esters is 1. The summed E-state index contributed by atoms with van der Waals surface area (Å²) >= 11 is 0. The van der Waals surface area contributed by atoms with E-state index in [0.717, 1.165) is 17.7 Å². The lowest BCUT2D eigenvalue weighted by molar-refractivity contribution is -0.160. The molecule has 0 aliphatic carbocycles. The van der Waals surface area contributed by atoms with E-state index >= 15 is 0 Å². The van der Waals surface area contributed by atoms with E-state index in [1.54, 1.807) is 32.9 Å². The van der Waals surface area contributed by atoms with Crippen molar-refractivity contribution in [2.75, 3.05) is 111 Å². The molecule has 0 radical (unpaired) electrons. The van der Waals surface area contributed by atoms with Crippen LogP contribution in [0.4, 0.5) is 5.69 Å². The number of ether oxygens (including phenoxy) is 9. The van der Waals surface area contributed by atoms with Crippen LogP contribution in [0.5, 0.6) is 0 Å². The van der Waals surface area contributed by atoms with Crippen molar-refractivity contribution >= 4 is 41.2 Å². The van der Waals surface area contributed by atoms with Gasteiger partial charge < -0.3 is 47.9 Å². The van der Waals surface area contributed by atoms with Crippen LogP contribution in [0.15, 0.2) is 18.2 Å². The maximum Gasteiger partial charge on any atom is 0.332 e. The lowest BCUT2D eigenvalue weighted by Gasteiger charge is -2.27. The number of hydrogen-bond acceptors (Lipinski definition) is 15. The first-order chi connectivity index (χ1) is 27.5. The van der Waals surface area contributed by atoms with Gasteiger partial charge in [0.2, 0.25) is 17.7 Å². The molecule has 1 fully saturated rings. The van der Waals surface area contributed by atoms with E-state index < -0.39 is 41.2 Å². The van der Waals surface area contributed by atoms with Gasteiger partial charge >= 0.3 is 5.97 Å². The van der Waals surface area contributed by atoms with E-state index in [4.69, 9.17) is 42.6 Å². The Morgan fingerprint density at radius 1 is 0.684 bits per heavy atom. The number of benzene rings is 1. The summed E-state index contributed by atoms with van der Waals surface area (Å²) in [5.74, 6) is -3.13. The predicted molar refractivity (Wildman–Crippen MR) is 203 cm³/mol. The molecule has 1 aromatic rings. The molecule has 2 aliphatic heterocycles. The van der Waals surface area contributed by atoms with E-state index in [1.165, 1.54) is 6.07 Å². The minimum Gasteiger partial charge on any atom is -0.458 e. The Hall–Kier alpha value is -3.88. The van der Waals surface area contributed by atoms with Gasteiger partial charge in [-0.15, -0.1) is 0 Å². The van der Waals surface area contributed by atoms with Crippen molar-refractivity contribution in [1.29, 1.82) is 0 Å². The predicted octanol–water partition coefficient (Wildman–Crippen LogP) is 2.06. The van der Waals surface area contributed by atoms with Crippen molar-refractivity contribution in [3.05, 3.63) is 29.3 Å². The molecule has 18 heteroatoms. The largest absolute Gasteiger partial charge is 0.458 e. The van der Waals surface area contributed by atoms with Crippen LogP contribution in [0.2, 0.25) is 0 Å². The van der Waals surface area contributed by atoms with Crippen molar-refractivity contribution in [2.45, 2.75) is 70.9 Å². The van der Waals surface area contributed by atoms with Crippen LogP contribution >= 0.6 is 0 Å². The molecule has 0 aromatic heterocycles. The third-order valence-corrected chi connectivity index (χ3v) is 8.18. The molecule has 3 rings (SSSR count). The van der Waals surface area contributed by atoms with Gasteiger partial charge in [-0.05, 0) is 52.2 Å². The Kier molecular flexibility index (Phi) is 22.4. The second-order valence-corrected chi connectivity index (χ2v) is 14.0. The fourth-order valence-electron chi connectivity index (χ4n) is 5.56. The lowest BCUT2D eigenvalue weighted by atomic mass is 10.0. The molecule has 2 aliphatic rings. The summed E-state index contributed by atoms with van der Waals surface area (Å²) in [6, 6.07) is 3.52. The lowest BCUT2D eigenvalue weighted by Crippen LogP contribution is -2.54. The summed E-state index contributed by atoms with van der Waals surface area (Å²) in [5.41, 5.74) is -0.156. The SMILES string of the molecule is CC(C)(C)OC(=O)COCCOCCOCCOCCOCCOCCOCCOCCCCCC(=O)Nc1cccc2c1C(=O)N(C1CCC(=O)NC1=O)C2=O. The van der Waals surface area contributed by atoms with E-state index in [1.807, 2.05) is 0 Å². The highest BCUT2D eigenvalue weighted by Gasteiger charge is 2.45. The van der Waals surface area contributed by atoms with Crippen LogP contribution in [0, 0.1) is 0 Å². The molecule has 320 valence electrons. The number of fused-ring (bicyclic) bond motifs is 1. The first kappa shape index (κ1) is 47.5. The summed E-state index contributed by atoms with van der Waals surface area (Å²) in [5, 5.41) is 4.90. The van der Waals surface area contributed by atoms with Crippen LogP contribution in [-0.2, 0) is 61.8 Å². The Balaban J connectivity index is 1.04. The molecule has 18 nitrogen and oxygen atoms in total. The third kappa shape index (κ3) is 19.0. The van der Waals surface area contributed by atoms with Crippen LogP contribution in [0.25, 0.3) is 0 Å². The maximum atomic E-state index is 13.2.